The number of nitrogens with zero attached hydrogens (tertiary/aromatic N) is 3. The number of hydroxylamine groups is 2. The average Bonchev–Trinajstić information content (AvgIpc) is 3.02. The van der Waals surface area contributed by atoms with Crippen molar-refractivity contribution < 1.29 is 19.5 Å². The third-order valence-electron chi connectivity index (χ3n) is 5.76. The summed E-state index contributed by atoms with van der Waals surface area (Å²) in [6.07, 6.45) is 5.91. The Morgan fingerprint density at radius 2 is 1.94 bits per heavy atom. The second-order valence-corrected chi connectivity index (χ2v) is 9.36. The molecule has 3 heterocycles. The van der Waals surface area contributed by atoms with Crippen LogP contribution in [0.3, 0.4) is 0 Å². The standard InChI is InChI=1S/C25H29N3O4/c1-25(2,3)32-24(30)28-20-9-10-21(28)14-19(13-20)18-11-12-26-22(15-18)23(29)27(31)16-17-7-5-4-6-8-17/h4-8,11-13,15,20-21,31H,9-10,14,16H2,1-3H3. The first-order valence-corrected chi connectivity index (χ1v) is 10.9. The molecule has 1 fully saturated rings. The molecular formula is C25H29N3O4. The SMILES string of the molecule is CC(C)(C)OC(=O)N1C2C=C(c3ccnc(C(=O)N(O)Cc4ccccc4)c3)CC1CC2. The Kier molecular flexibility index (Phi) is 6.02. The Labute approximate surface area is 188 Å². The van der Waals surface area contributed by atoms with Crippen molar-refractivity contribution in [3.8, 4) is 0 Å². The van der Waals surface area contributed by atoms with Gasteiger partial charge in [0.2, 0.25) is 0 Å². The summed E-state index contributed by atoms with van der Waals surface area (Å²) in [5, 5.41) is 11.0. The monoisotopic (exact) mass is 435 g/mol. The van der Waals surface area contributed by atoms with E-state index in [-0.39, 0.29) is 30.4 Å². The van der Waals surface area contributed by atoms with Crippen molar-refractivity contribution >= 4 is 17.6 Å². The van der Waals surface area contributed by atoms with Crippen molar-refractivity contribution in [3.63, 3.8) is 0 Å². The second kappa shape index (κ2) is 8.74. The van der Waals surface area contributed by atoms with E-state index in [2.05, 4.69) is 11.1 Å². The molecule has 7 heteroatoms. The van der Waals surface area contributed by atoms with E-state index in [1.54, 1.807) is 12.3 Å². The lowest BCUT2D eigenvalue weighted by Gasteiger charge is -2.35. The first-order chi connectivity index (χ1) is 15.2. The van der Waals surface area contributed by atoms with Crippen LogP contribution < -0.4 is 0 Å². The summed E-state index contributed by atoms with van der Waals surface area (Å²) in [6, 6.07) is 12.9. The van der Waals surface area contributed by atoms with Crippen LogP contribution >= 0.6 is 0 Å². The third-order valence-corrected chi connectivity index (χ3v) is 5.76. The Balaban J connectivity index is 1.50. The molecule has 1 aromatic heterocycles. The van der Waals surface area contributed by atoms with Gasteiger partial charge >= 0.3 is 6.09 Å². The van der Waals surface area contributed by atoms with E-state index >= 15 is 0 Å². The van der Waals surface area contributed by atoms with Gasteiger partial charge in [-0.2, -0.15) is 0 Å². The number of aromatic nitrogens is 1. The number of ether oxygens (including phenoxy) is 1. The van der Waals surface area contributed by atoms with Gasteiger partial charge in [0.1, 0.15) is 11.3 Å². The number of carbonyl (C=O) groups excluding carboxylic acids is 2. The molecule has 0 saturated carbocycles. The van der Waals surface area contributed by atoms with Crippen LogP contribution in [0.2, 0.25) is 0 Å². The van der Waals surface area contributed by atoms with Crippen LogP contribution in [0.25, 0.3) is 5.57 Å². The lowest BCUT2D eigenvalue weighted by molar-refractivity contribution is -0.0652. The van der Waals surface area contributed by atoms with Gasteiger partial charge in [-0.05, 0) is 68.9 Å². The maximum Gasteiger partial charge on any atom is 0.411 e. The van der Waals surface area contributed by atoms with E-state index < -0.39 is 11.5 Å². The van der Waals surface area contributed by atoms with Gasteiger partial charge in [0, 0.05) is 12.2 Å². The lowest BCUT2D eigenvalue weighted by Crippen LogP contribution is -2.45. The molecule has 32 heavy (non-hydrogen) atoms. The van der Waals surface area contributed by atoms with Crippen molar-refractivity contribution in [2.24, 2.45) is 0 Å². The predicted molar refractivity (Wildman–Crippen MR) is 120 cm³/mol. The van der Waals surface area contributed by atoms with Gasteiger partial charge in [0.25, 0.3) is 5.91 Å². The molecule has 0 aliphatic carbocycles. The average molecular weight is 436 g/mol. The molecular weight excluding hydrogens is 406 g/mol. The van der Waals surface area contributed by atoms with E-state index in [1.807, 2.05) is 62.1 Å². The van der Waals surface area contributed by atoms with Gasteiger partial charge in [-0.15, -0.1) is 0 Å². The van der Waals surface area contributed by atoms with Gasteiger partial charge in [0.05, 0.1) is 12.6 Å². The first kappa shape index (κ1) is 22.0. The van der Waals surface area contributed by atoms with Crippen molar-refractivity contribution in [2.45, 2.75) is 64.3 Å². The molecule has 0 spiro atoms. The minimum Gasteiger partial charge on any atom is -0.444 e. The predicted octanol–water partition coefficient (Wildman–Crippen LogP) is 4.67. The molecule has 1 aromatic carbocycles. The fourth-order valence-electron chi connectivity index (χ4n) is 4.35. The van der Waals surface area contributed by atoms with Crippen molar-refractivity contribution in [1.29, 1.82) is 0 Å². The highest BCUT2D eigenvalue weighted by atomic mass is 16.6. The van der Waals surface area contributed by atoms with Crippen LogP contribution in [-0.2, 0) is 11.3 Å². The number of hydrogen-bond acceptors (Lipinski definition) is 5. The number of hydrogen-bond donors (Lipinski definition) is 1. The number of benzene rings is 1. The maximum atomic E-state index is 12.7. The summed E-state index contributed by atoms with van der Waals surface area (Å²) in [7, 11) is 0. The van der Waals surface area contributed by atoms with Crippen molar-refractivity contribution in [1.82, 2.24) is 14.9 Å². The fraction of sp³-hybridized carbons (Fsp3) is 0.400. The lowest BCUT2D eigenvalue weighted by atomic mass is 9.95. The van der Waals surface area contributed by atoms with Crippen LogP contribution in [0.5, 0.6) is 0 Å². The minimum atomic E-state index is -0.550. The number of rotatable bonds is 4. The summed E-state index contributed by atoms with van der Waals surface area (Å²) in [5.74, 6) is -0.550. The molecule has 2 aliphatic rings. The molecule has 2 unspecified atom stereocenters. The molecule has 1 N–H and O–H groups in total. The van der Waals surface area contributed by atoms with Gasteiger partial charge in [0.15, 0.2) is 0 Å². The molecule has 2 amide bonds. The van der Waals surface area contributed by atoms with Crippen molar-refractivity contribution in [2.75, 3.05) is 0 Å². The van der Waals surface area contributed by atoms with Crippen LogP contribution in [0.1, 0.15) is 61.6 Å². The Morgan fingerprint density at radius 1 is 1.19 bits per heavy atom. The van der Waals surface area contributed by atoms with Gasteiger partial charge in [-0.25, -0.2) is 9.86 Å². The third kappa shape index (κ3) is 4.83. The molecule has 0 radical (unpaired) electrons. The molecule has 1 saturated heterocycles. The summed E-state index contributed by atoms with van der Waals surface area (Å²) >= 11 is 0. The largest absolute Gasteiger partial charge is 0.444 e. The Bertz CT molecular complexity index is 1030. The van der Waals surface area contributed by atoms with Gasteiger partial charge in [-0.1, -0.05) is 36.4 Å². The Morgan fingerprint density at radius 3 is 2.62 bits per heavy atom. The van der Waals surface area contributed by atoms with E-state index in [0.29, 0.717) is 11.5 Å². The van der Waals surface area contributed by atoms with Crippen LogP contribution in [-0.4, -0.2) is 49.8 Å². The number of amides is 2. The zero-order valence-corrected chi connectivity index (χ0v) is 18.7. The highest BCUT2D eigenvalue weighted by Crippen LogP contribution is 2.39. The topological polar surface area (TPSA) is 83.0 Å². The minimum absolute atomic E-state index is 0.0154. The molecule has 2 aliphatic heterocycles. The maximum absolute atomic E-state index is 12.7. The van der Waals surface area contributed by atoms with Crippen LogP contribution in [0.15, 0.2) is 54.7 Å². The summed E-state index contributed by atoms with van der Waals surface area (Å²) in [6.45, 7) is 5.70. The molecule has 2 atom stereocenters. The quantitative estimate of drug-likeness (QED) is 0.557. The molecule has 168 valence electrons. The second-order valence-electron chi connectivity index (χ2n) is 9.36. The van der Waals surface area contributed by atoms with E-state index in [1.165, 1.54) is 0 Å². The summed E-state index contributed by atoms with van der Waals surface area (Å²) in [5.41, 5.74) is 2.45. The highest BCUT2D eigenvalue weighted by Gasteiger charge is 2.41. The first-order valence-electron chi connectivity index (χ1n) is 10.9. The van der Waals surface area contributed by atoms with Crippen LogP contribution in [0, 0.1) is 0 Å². The Hall–Kier alpha value is -3.19. The van der Waals surface area contributed by atoms with Gasteiger partial charge < -0.3 is 4.74 Å². The van der Waals surface area contributed by atoms with E-state index in [9.17, 15) is 14.8 Å². The normalized spacial score (nSPS) is 20.0. The van der Waals surface area contributed by atoms with Gasteiger partial charge in [-0.3, -0.25) is 19.9 Å². The smallest absolute Gasteiger partial charge is 0.411 e. The molecule has 7 nitrogen and oxygen atoms in total. The zero-order chi connectivity index (χ0) is 22.9. The fourth-order valence-corrected chi connectivity index (χ4v) is 4.35. The van der Waals surface area contributed by atoms with Crippen LogP contribution in [0.4, 0.5) is 4.79 Å². The highest BCUT2D eigenvalue weighted by molar-refractivity contribution is 5.92. The molecule has 2 bridgehead atoms. The summed E-state index contributed by atoms with van der Waals surface area (Å²) in [4.78, 5) is 31.4. The number of fused-ring (bicyclic) bond motifs is 2. The summed E-state index contributed by atoms with van der Waals surface area (Å²) < 4.78 is 5.59. The zero-order valence-electron chi connectivity index (χ0n) is 18.7. The number of pyridine rings is 1. The van der Waals surface area contributed by atoms with Crippen molar-refractivity contribution in [3.05, 3.63) is 71.6 Å². The van der Waals surface area contributed by atoms with E-state index in [0.717, 1.165) is 29.5 Å². The van der Waals surface area contributed by atoms with E-state index in [4.69, 9.17) is 4.74 Å². The number of carbonyl (C=O) groups is 2. The molecule has 2 aromatic rings. The molecule has 4 rings (SSSR count).